The lowest BCUT2D eigenvalue weighted by atomic mass is 10.2. The number of carbonyl (C=O) groups excluding carboxylic acids is 1. The number of aryl methyl sites for hydroxylation is 1. The zero-order valence-electron chi connectivity index (χ0n) is 12.0. The van der Waals surface area contributed by atoms with E-state index in [1.165, 1.54) is 11.3 Å². The maximum Gasteiger partial charge on any atom is 0.271 e. The van der Waals surface area contributed by atoms with E-state index in [0.29, 0.717) is 16.9 Å². The van der Waals surface area contributed by atoms with Gasteiger partial charge in [0.25, 0.3) is 5.91 Å². The van der Waals surface area contributed by atoms with E-state index in [1.807, 2.05) is 25.1 Å². The number of nitrogens with zero attached hydrogens (tertiary/aromatic N) is 1. The molecule has 0 atom stereocenters. The molecule has 2 aromatic rings. The molecule has 6 heteroatoms. The quantitative estimate of drug-likeness (QED) is 0.891. The molecule has 5 nitrogen and oxygen atoms in total. The van der Waals surface area contributed by atoms with Crippen molar-refractivity contribution >= 4 is 28.1 Å². The molecule has 0 spiro atoms. The summed E-state index contributed by atoms with van der Waals surface area (Å²) in [5, 5.41) is 8.59. The van der Waals surface area contributed by atoms with Crippen LogP contribution in [0.25, 0.3) is 0 Å². The molecule has 1 aliphatic rings. The van der Waals surface area contributed by atoms with Crippen LogP contribution in [0, 0.1) is 6.92 Å². The number of ether oxygens (including phenoxy) is 1. The van der Waals surface area contributed by atoms with Crippen molar-refractivity contribution in [3.05, 3.63) is 34.8 Å². The lowest BCUT2D eigenvalue weighted by molar-refractivity contribution is 0.0947. The Kier molecular flexibility index (Phi) is 3.79. The first-order valence-electron chi connectivity index (χ1n) is 6.84. The third-order valence-corrected chi connectivity index (χ3v) is 4.00. The Bertz CT molecular complexity index is 665. The Morgan fingerprint density at radius 1 is 1.43 bits per heavy atom. The number of aromatic nitrogens is 1. The maximum atomic E-state index is 11.9. The molecule has 3 rings (SSSR count). The summed E-state index contributed by atoms with van der Waals surface area (Å²) in [5.41, 5.74) is 2.43. The third kappa shape index (κ3) is 3.33. The summed E-state index contributed by atoms with van der Waals surface area (Å²) < 4.78 is 5.32. The van der Waals surface area contributed by atoms with Crippen molar-refractivity contribution in [1.29, 1.82) is 0 Å². The summed E-state index contributed by atoms with van der Waals surface area (Å²) >= 11 is 1.41. The number of amides is 1. The molecule has 0 bridgehead atoms. The molecule has 0 radical (unpaired) electrons. The Balaban J connectivity index is 1.74. The monoisotopic (exact) mass is 303 g/mol. The second-order valence-electron chi connectivity index (χ2n) is 5.11. The number of hydrogen-bond donors (Lipinski definition) is 2. The molecule has 1 saturated carbocycles. The molecule has 110 valence electrons. The van der Waals surface area contributed by atoms with Gasteiger partial charge in [-0.2, -0.15) is 0 Å². The highest BCUT2D eigenvalue weighted by Crippen LogP contribution is 2.30. The van der Waals surface area contributed by atoms with Crippen LogP contribution in [0.3, 0.4) is 0 Å². The number of rotatable bonds is 5. The molecule has 0 unspecified atom stereocenters. The molecule has 1 amide bonds. The first-order chi connectivity index (χ1) is 10.2. The normalized spacial score (nSPS) is 13.8. The first-order valence-corrected chi connectivity index (χ1v) is 7.72. The number of benzene rings is 1. The van der Waals surface area contributed by atoms with Gasteiger partial charge in [0.15, 0.2) is 5.13 Å². The lowest BCUT2D eigenvalue weighted by Crippen LogP contribution is -2.25. The van der Waals surface area contributed by atoms with Gasteiger partial charge in [0.05, 0.1) is 12.8 Å². The van der Waals surface area contributed by atoms with E-state index in [4.69, 9.17) is 4.74 Å². The van der Waals surface area contributed by atoms with Crippen LogP contribution in [0.5, 0.6) is 5.75 Å². The summed E-state index contributed by atoms with van der Waals surface area (Å²) in [7, 11) is 1.63. The van der Waals surface area contributed by atoms with E-state index >= 15 is 0 Å². The van der Waals surface area contributed by atoms with E-state index in [0.717, 1.165) is 29.8 Å². The summed E-state index contributed by atoms with van der Waals surface area (Å²) in [4.78, 5) is 16.2. The van der Waals surface area contributed by atoms with Crippen molar-refractivity contribution in [3.63, 3.8) is 0 Å². The second-order valence-corrected chi connectivity index (χ2v) is 5.97. The van der Waals surface area contributed by atoms with E-state index in [2.05, 4.69) is 15.6 Å². The molecule has 1 aliphatic carbocycles. The van der Waals surface area contributed by atoms with Crippen LogP contribution in [0.4, 0.5) is 10.8 Å². The average molecular weight is 303 g/mol. The molecule has 1 aromatic heterocycles. The number of nitrogens with one attached hydrogen (secondary N) is 2. The smallest absolute Gasteiger partial charge is 0.271 e. The third-order valence-electron chi connectivity index (χ3n) is 3.25. The molecular formula is C15H17N3O2S. The highest BCUT2D eigenvalue weighted by Gasteiger charge is 2.24. The number of methoxy groups -OCH3 is 1. The van der Waals surface area contributed by atoms with Crippen molar-refractivity contribution in [2.45, 2.75) is 25.8 Å². The van der Waals surface area contributed by atoms with E-state index in [9.17, 15) is 4.79 Å². The van der Waals surface area contributed by atoms with Gasteiger partial charge in [-0.15, -0.1) is 11.3 Å². The van der Waals surface area contributed by atoms with E-state index in [1.54, 1.807) is 12.5 Å². The van der Waals surface area contributed by atoms with Crippen LogP contribution >= 0.6 is 11.3 Å². The SMILES string of the molecule is COc1ccc(C)cc1Nc1nc(C(=O)NC2CC2)cs1. The fraction of sp³-hybridized carbons (Fsp3) is 0.333. The second kappa shape index (κ2) is 5.73. The molecule has 21 heavy (non-hydrogen) atoms. The minimum atomic E-state index is -0.0991. The molecule has 0 aliphatic heterocycles. The minimum Gasteiger partial charge on any atom is -0.495 e. The van der Waals surface area contributed by atoms with Gasteiger partial charge >= 0.3 is 0 Å². The van der Waals surface area contributed by atoms with Crippen LogP contribution in [-0.2, 0) is 0 Å². The Morgan fingerprint density at radius 2 is 2.24 bits per heavy atom. The maximum absolute atomic E-state index is 11.9. The van der Waals surface area contributed by atoms with Crippen molar-refractivity contribution in [2.75, 3.05) is 12.4 Å². The summed E-state index contributed by atoms with van der Waals surface area (Å²) in [6.45, 7) is 2.01. The summed E-state index contributed by atoms with van der Waals surface area (Å²) in [5.74, 6) is 0.651. The van der Waals surface area contributed by atoms with Crippen molar-refractivity contribution in [2.24, 2.45) is 0 Å². The largest absolute Gasteiger partial charge is 0.495 e. The van der Waals surface area contributed by atoms with Gasteiger partial charge < -0.3 is 15.4 Å². The molecule has 1 heterocycles. The summed E-state index contributed by atoms with van der Waals surface area (Å²) in [6, 6.07) is 6.23. The fourth-order valence-corrected chi connectivity index (χ4v) is 2.66. The van der Waals surface area contributed by atoms with Crippen LogP contribution in [0.1, 0.15) is 28.9 Å². The number of anilines is 2. The van der Waals surface area contributed by atoms with Crippen LogP contribution < -0.4 is 15.4 Å². The Hall–Kier alpha value is -2.08. The fourth-order valence-electron chi connectivity index (χ4n) is 1.96. The van der Waals surface area contributed by atoms with Crippen molar-refractivity contribution in [1.82, 2.24) is 10.3 Å². The van der Waals surface area contributed by atoms with E-state index in [-0.39, 0.29) is 5.91 Å². The van der Waals surface area contributed by atoms with Gasteiger partial charge in [-0.05, 0) is 37.5 Å². The van der Waals surface area contributed by atoms with Crippen LogP contribution in [-0.4, -0.2) is 24.0 Å². The minimum absolute atomic E-state index is 0.0991. The molecule has 2 N–H and O–H groups in total. The molecule has 1 fully saturated rings. The predicted molar refractivity (Wildman–Crippen MR) is 83.6 cm³/mol. The van der Waals surface area contributed by atoms with E-state index < -0.39 is 0 Å². The lowest BCUT2D eigenvalue weighted by Gasteiger charge is -2.09. The highest BCUT2D eigenvalue weighted by atomic mass is 32.1. The van der Waals surface area contributed by atoms with Gasteiger partial charge in [-0.1, -0.05) is 6.07 Å². The van der Waals surface area contributed by atoms with Gasteiger partial charge in [0.2, 0.25) is 0 Å². The van der Waals surface area contributed by atoms with Gasteiger partial charge in [-0.3, -0.25) is 4.79 Å². The first kappa shape index (κ1) is 13.9. The number of thiazole rings is 1. The summed E-state index contributed by atoms with van der Waals surface area (Å²) in [6.07, 6.45) is 2.14. The Morgan fingerprint density at radius 3 is 2.95 bits per heavy atom. The predicted octanol–water partition coefficient (Wildman–Crippen LogP) is 3.10. The van der Waals surface area contributed by atoms with Gasteiger partial charge in [0.1, 0.15) is 11.4 Å². The number of carbonyl (C=O) groups is 1. The topological polar surface area (TPSA) is 63.2 Å². The zero-order chi connectivity index (χ0) is 14.8. The zero-order valence-corrected chi connectivity index (χ0v) is 12.8. The number of hydrogen-bond acceptors (Lipinski definition) is 5. The average Bonchev–Trinajstić information content (AvgIpc) is 3.15. The molecule has 1 aromatic carbocycles. The molecular weight excluding hydrogens is 286 g/mol. The van der Waals surface area contributed by atoms with Crippen molar-refractivity contribution in [3.8, 4) is 5.75 Å². The van der Waals surface area contributed by atoms with Crippen molar-refractivity contribution < 1.29 is 9.53 Å². The van der Waals surface area contributed by atoms with Crippen LogP contribution in [0.2, 0.25) is 0 Å². The van der Waals surface area contributed by atoms with Crippen LogP contribution in [0.15, 0.2) is 23.6 Å². The van der Waals surface area contributed by atoms with Gasteiger partial charge in [0, 0.05) is 11.4 Å². The molecule has 0 saturated heterocycles. The Labute approximate surface area is 127 Å². The standard InChI is InChI=1S/C15H17N3O2S/c1-9-3-6-13(20-2)11(7-9)17-15-18-12(8-21-15)14(19)16-10-4-5-10/h3,6-8,10H,4-5H2,1-2H3,(H,16,19)(H,17,18). The van der Waals surface area contributed by atoms with Gasteiger partial charge in [-0.25, -0.2) is 4.98 Å². The highest BCUT2D eigenvalue weighted by molar-refractivity contribution is 7.14.